The largest absolute Gasteiger partial charge is 0.508 e. The van der Waals surface area contributed by atoms with E-state index in [4.69, 9.17) is 0 Å². The van der Waals surface area contributed by atoms with E-state index in [9.17, 15) is 32.0 Å². The van der Waals surface area contributed by atoms with Crippen LogP contribution in [0.5, 0.6) is 5.75 Å². The number of hydrogen-bond donors (Lipinski definition) is 1. The normalized spacial score (nSPS) is 13.2. The van der Waals surface area contributed by atoms with Gasteiger partial charge in [0.05, 0.1) is 10.5 Å². The highest BCUT2D eigenvalue weighted by Crippen LogP contribution is 2.34. The second-order valence-corrected chi connectivity index (χ2v) is 9.09. The standard InChI is InChI=1S/C20H18F3NO3S/c1-19(2,3)17-10-13(7-8-18(17)25)9-16(12-24)28(26,27)15-6-4-5-14(11-15)20(21,22)23/h4-11,25H,1-3H3/b16-9+. The summed E-state index contributed by atoms with van der Waals surface area (Å²) in [5.41, 5.74) is -0.698. The summed E-state index contributed by atoms with van der Waals surface area (Å²) in [6.45, 7) is 5.54. The van der Waals surface area contributed by atoms with Crippen molar-refractivity contribution in [1.29, 1.82) is 5.26 Å². The van der Waals surface area contributed by atoms with Gasteiger partial charge in [0.2, 0.25) is 9.84 Å². The van der Waals surface area contributed by atoms with Gasteiger partial charge >= 0.3 is 6.18 Å². The second-order valence-electron chi connectivity index (χ2n) is 7.18. The van der Waals surface area contributed by atoms with E-state index in [1.54, 1.807) is 6.07 Å². The van der Waals surface area contributed by atoms with E-state index in [0.717, 1.165) is 24.3 Å². The predicted molar refractivity (Wildman–Crippen MR) is 99.0 cm³/mol. The summed E-state index contributed by atoms with van der Waals surface area (Å²) in [5.74, 6) is 0.0175. The Morgan fingerprint density at radius 2 is 1.75 bits per heavy atom. The average Bonchev–Trinajstić information content (AvgIpc) is 2.59. The van der Waals surface area contributed by atoms with Gasteiger partial charge < -0.3 is 5.11 Å². The van der Waals surface area contributed by atoms with E-state index < -0.39 is 36.8 Å². The molecule has 0 heterocycles. The molecule has 0 fully saturated rings. The first-order valence-corrected chi connectivity index (χ1v) is 9.63. The van der Waals surface area contributed by atoms with E-state index in [1.807, 2.05) is 20.8 Å². The van der Waals surface area contributed by atoms with Gasteiger partial charge in [-0.15, -0.1) is 0 Å². The second kappa shape index (κ2) is 7.32. The summed E-state index contributed by atoms with van der Waals surface area (Å²) >= 11 is 0. The van der Waals surface area contributed by atoms with Crippen LogP contribution in [0, 0.1) is 11.3 Å². The Morgan fingerprint density at radius 1 is 1.11 bits per heavy atom. The number of alkyl halides is 3. The molecule has 0 saturated carbocycles. The van der Waals surface area contributed by atoms with Gasteiger partial charge in [0.1, 0.15) is 16.7 Å². The van der Waals surface area contributed by atoms with Crippen LogP contribution in [0.4, 0.5) is 13.2 Å². The molecular formula is C20H18F3NO3S. The van der Waals surface area contributed by atoms with Crippen LogP contribution in [0.2, 0.25) is 0 Å². The SMILES string of the molecule is CC(C)(C)c1cc(/C=C(\C#N)S(=O)(=O)c2cccc(C(F)(F)F)c2)ccc1O. The molecule has 0 atom stereocenters. The molecule has 0 aliphatic rings. The van der Waals surface area contributed by atoms with Crippen LogP contribution in [-0.4, -0.2) is 13.5 Å². The van der Waals surface area contributed by atoms with Gasteiger partial charge in [-0.05, 0) is 52.9 Å². The summed E-state index contributed by atoms with van der Waals surface area (Å²) in [7, 11) is -4.45. The molecule has 2 aromatic rings. The van der Waals surface area contributed by atoms with E-state index in [0.29, 0.717) is 17.2 Å². The Labute approximate surface area is 161 Å². The Morgan fingerprint density at radius 3 is 2.29 bits per heavy atom. The first-order chi connectivity index (χ1) is 12.8. The van der Waals surface area contributed by atoms with E-state index in [1.165, 1.54) is 18.2 Å². The molecule has 0 aromatic heterocycles. The van der Waals surface area contributed by atoms with Gasteiger partial charge in [-0.2, -0.15) is 18.4 Å². The van der Waals surface area contributed by atoms with E-state index in [2.05, 4.69) is 0 Å². The Balaban J connectivity index is 2.58. The topological polar surface area (TPSA) is 78.2 Å². The fourth-order valence-electron chi connectivity index (χ4n) is 2.53. The first kappa shape index (κ1) is 21.5. The third-order valence-electron chi connectivity index (χ3n) is 4.00. The fourth-order valence-corrected chi connectivity index (χ4v) is 3.74. The van der Waals surface area contributed by atoms with E-state index in [-0.39, 0.29) is 5.75 Å². The zero-order valence-corrected chi connectivity index (χ0v) is 16.2. The van der Waals surface area contributed by atoms with Crippen LogP contribution in [0.15, 0.2) is 52.3 Å². The first-order valence-electron chi connectivity index (χ1n) is 8.14. The van der Waals surface area contributed by atoms with Crippen molar-refractivity contribution in [2.45, 2.75) is 37.3 Å². The number of allylic oxidation sites excluding steroid dienone is 1. The number of sulfone groups is 1. The number of phenols is 1. The molecule has 0 saturated heterocycles. The lowest BCUT2D eigenvalue weighted by Gasteiger charge is -2.20. The van der Waals surface area contributed by atoms with Crippen molar-refractivity contribution in [3.05, 3.63) is 64.1 Å². The highest BCUT2D eigenvalue weighted by atomic mass is 32.2. The predicted octanol–water partition coefficient (Wildman–Crippen LogP) is 5.05. The third-order valence-corrected chi connectivity index (χ3v) is 5.66. The molecule has 2 rings (SSSR count). The van der Waals surface area contributed by atoms with Gasteiger partial charge in [0.25, 0.3) is 0 Å². The van der Waals surface area contributed by atoms with Crippen LogP contribution < -0.4 is 0 Å². The van der Waals surface area contributed by atoms with Crippen molar-refractivity contribution in [1.82, 2.24) is 0 Å². The molecular weight excluding hydrogens is 391 g/mol. The molecule has 0 unspecified atom stereocenters. The summed E-state index contributed by atoms with van der Waals surface area (Å²) in [4.78, 5) is -1.32. The minimum atomic E-state index is -4.71. The van der Waals surface area contributed by atoms with Crippen LogP contribution in [-0.2, 0) is 21.4 Å². The maximum atomic E-state index is 12.9. The number of halogens is 3. The fraction of sp³-hybridized carbons (Fsp3) is 0.250. The zero-order chi connectivity index (χ0) is 21.3. The minimum Gasteiger partial charge on any atom is -0.508 e. The van der Waals surface area contributed by atoms with Gasteiger partial charge in [0, 0.05) is 0 Å². The van der Waals surface area contributed by atoms with Crippen LogP contribution in [0.25, 0.3) is 6.08 Å². The lowest BCUT2D eigenvalue weighted by Crippen LogP contribution is -2.11. The monoisotopic (exact) mass is 409 g/mol. The molecule has 0 radical (unpaired) electrons. The summed E-state index contributed by atoms with van der Waals surface area (Å²) in [6, 6.07) is 9.11. The summed E-state index contributed by atoms with van der Waals surface area (Å²) < 4.78 is 64.0. The molecule has 148 valence electrons. The molecule has 28 heavy (non-hydrogen) atoms. The third kappa shape index (κ3) is 4.54. The molecule has 0 bridgehead atoms. The Bertz CT molecular complexity index is 1070. The van der Waals surface area contributed by atoms with Crippen LogP contribution >= 0.6 is 0 Å². The average molecular weight is 409 g/mol. The number of aromatic hydroxyl groups is 1. The molecule has 8 heteroatoms. The Kier molecular flexibility index (Phi) is 5.62. The van der Waals surface area contributed by atoms with Gasteiger partial charge in [-0.25, -0.2) is 8.42 Å². The molecule has 0 spiro atoms. The molecule has 2 aromatic carbocycles. The van der Waals surface area contributed by atoms with Gasteiger partial charge in [-0.1, -0.05) is 32.9 Å². The molecule has 4 nitrogen and oxygen atoms in total. The highest BCUT2D eigenvalue weighted by Gasteiger charge is 2.32. The van der Waals surface area contributed by atoms with Gasteiger partial charge in [0.15, 0.2) is 0 Å². The Hall–Kier alpha value is -2.79. The van der Waals surface area contributed by atoms with Crippen molar-refractivity contribution in [3.63, 3.8) is 0 Å². The van der Waals surface area contributed by atoms with Crippen LogP contribution in [0.3, 0.4) is 0 Å². The van der Waals surface area contributed by atoms with Crippen molar-refractivity contribution in [2.75, 3.05) is 0 Å². The molecule has 0 amide bonds. The molecule has 0 aliphatic carbocycles. The van der Waals surface area contributed by atoms with Crippen molar-refractivity contribution in [2.24, 2.45) is 0 Å². The smallest absolute Gasteiger partial charge is 0.416 e. The zero-order valence-electron chi connectivity index (χ0n) is 15.4. The lowest BCUT2D eigenvalue weighted by molar-refractivity contribution is -0.137. The van der Waals surface area contributed by atoms with Crippen molar-refractivity contribution >= 4 is 15.9 Å². The lowest BCUT2D eigenvalue weighted by atomic mass is 9.85. The minimum absolute atomic E-state index is 0.0175. The highest BCUT2D eigenvalue weighted by molar-refractivity contribution is 7.95. The number of nitrogens with zero attached hydrogens (tertiary/aromatic N) is 1. The molecule has 0 aliphatic heterocycles. The van der Waals surface area contributed by atoms with E-state index >= 15 is 0 Å². The number of benzene rings is 2. The molecule has 1 N–H and O–H groups in total. The number of rotatable bonds is 3. The summed E-state index contributed by atoms with van der Waals surface area (Å²) in [6.07, 6.45) is -3.63. The number of nitriles is 1. The quantitative estimate of drug-likeness (QED) is 0.720. The number of hydrogen-bond acceptors (Lipinski definition) is 4. The number of phenolic OH excluding ortho intramolecular Hbond substituents is 1. The van der Waals surface area contributed by atoms with Crippen molar-refractivity contribution in [3.8, 4) is 11.8 Å². The maximum Gasteiger partial charge on any atom is 0.416 e. The summed E-state index contributed by atoms with van der Waals surface area (Å²) in [5, 5.41) is 19.3. The van der Waals surface area contributed by atoms with Crippen LogP contribution in [0.1, 0.15) is 37.5 Å². The van der Waals surface area contributed by atoms with Gasteiger partial charge in [-0.3, -0.25) is 0 Å². The van der Waals surface area contributed by atoms with Crippen molar-refractivity contribution < 1.29 is 26.7 Å². The maximum absolute atomic E-state index is 12.9.